The van der Waals surface area contributed by atoms with E-state index < -0.39 is 0 Å². The largest absolute Gasteiger partial charge is 0.310 e. The average molecular weight is 336 g/mol. The Kier molecular flexibility index (Phi) is 5.74. The summed E-state index contributed by atoms with van der Waals surface area (Å²) in [5.41, 5.74) is 2.28. The Morgan fingerprint density at radius 2 is 1.90 bits per heavy atom. The van der Waals surface area contributed by atoms with Gasteiger partial charge in [0.25, 0.3) is 0 Å². The number of benzene rings is 2. The zero-order valence-corrected chi connectivity index (χ0v) is 13.2. The maximum absolute atomic E-state index is 13.3. The van der Waals surface area contributed by atoms with Crippen LogP contribution in [0.2, 0.25) is 0 Å². The third kappa shape index (κ3) is 4.43. The van der Waals surface area contributed by atoms with Crippen molar-refractivity contribution in [2.24, 2.45) is 0 Å². The summed E-state index contributed by atoms with van der Waals surface area (Å²) in [6, 6.07) is 15.6. The predicted molar refractivity (Wildman–Crippen MR) is 85.2 cm³/mol. The molecule has 0 saturated carbocycles. The molecule has 0 aliphatic carbocycles. The Bertz CT molecular complexity index is 542. The van der Waals surface area contributed by atoms with Crippen molar-refractivity contribution >= 4 is 15.9 Å². The van der Waals surface area contributed by atoms with Gasteiger partial charge in [-0.1, -0.05) is 53.2 Å². The summed E-state index contributed by atoms with van der Waals surface area (Å²) in [6.07, 6.45) is 2.03. The highest BCUT2D eigenvalue weighted by Gasteiger charge is 2.08. The molecule has 1 nitrogen and oxygen atoms in total. The molecule has 0 aliphatic rings. The third-order valence-corrected chi connectivity index (χ3v) is 4.18. The van der Waals surface area contributed by atoms with Crippen molar-refractivity contribution < 1.29 is 4.39 Å². The van der Waals surface area contributed by atoms with Crippen LogP contribution in [0.5, 0.6) is 0 Å². The van der Waals surface area contributed by atoms with E-state index in [4.69, 9.17) is 0 Å². The van der Waals surface area contributed by atoms with Crippen molar-refractivity contribution in [3.63, 3.8) is 0 Å². The number of halogens is 2. The lowest BCUT2D eigenvalue weighted by Crippen LogP contribution is -2.30. The Morgan fingerprint density at radius 3 is 2.60 bits per heavy atom. The second-order valence-electron chi connectivity index (χ2n) is 4.91. The molecule has 3 heteroatoms. The molecule has 1 atom stereocenters. The third-order valence-electron chi connectivity index (χ3n) is 3.41. The smallest absolute Gasteiger partial charge is 0.123 e. The Hall–Kier alpha value is -1.19. The normalized spacial score (nSPS) is 12.3. The van der Waals surface area contributed by atoms with Crippen LogP contribution in [0.25, 0.3) is 0 Å². The molecule has 0 aromatic heterocycles. The predicted octanol–water partition coefficient (Wildman–Crippen LogP) is 4.70. The van der Waals surface area contributed by atoms with E-state index in [0.717, 1.165) is 22.9 Å². The van der Waals surface area contributed by atoms with Gasteiger partial charge in [-0.3, -0.25) is 0 Å². The van der Waals surface area contributed by atoms with Crippen LogP contribution in [-0.4, -0.2) is 6.04 Å². The SMILES string of the molecule is CCC(Cc1ccccc1)NCc1cc(F)ccc1Br. The summed E-state index contributed by atoms with van der Waals surface area (Å²) >= 11 is 3.46. The van der Waals surface area contributed by atoms with Gasteiger partial charge in [-0.2, -0.15) is 0 Å². The molecular weight excluding hydrogens is 317 g/mol. The molecule has 1 N–H and O–H groups in total. The maximum atomic E-state index is 13.3. The van der Waals surface area contributed by atoms with E-state index in [1.165, 1.54) is 11.6 Å². The first kappa shape index (κ1) is 15.2. The van der Waals surface area contributed by atoms with Crippen molar-refractivity contribution in [1.29, 1.82) is 0 Å². The van der Waals surface area contributed by atoms with Crippen LogP contribution in [0.1, 0.15) is 24.5 Å². The van der Waals surface area contributed by atoms with E-state index in [9.17, 15) is 4.39 Å². The molecule has 1 unspecified atom stereocenters. The lowest BCUT2D eigenvalue weighted by molar-refractivity contribution is 0.492. The van der Waals surface area contributed by atoms with Crippen LogP contribution in [0.3, 0.4) is 0 Å². The minimum Gasteiger partial charge on any atom is -0.310 e. The molecule has 0 spiro atoms. The Morgan fingerprint density at radius 1 is 1.15 bits per heavy atom. The van der Waals surface area contributed by atoms with Gasteiger partial charge in [-0.25, -0.2) is 4.39 Å². The van der Waals surface area contributed by atoms with E-state index >= 15 is 0 Å². The van der Waals surface area contributed by atoms with Crippen LogP contribution < -0.4 is 5.32 Å². The van der Waals surface area contributed by atoms with Crippen molar-refractivity contribution in [1.82, 2.24) is 5.32 Å². The van der Waals surface area contributed by atoms with Gasteiger partial charge >= 0.3 is 0 Å². The summed E-state index contributed by atoms with van der Waals surface area (Å²) in [5, 5.41) is 3.51. The first-order valence-electron chi connectivity index (χ1n) is 6.90. The van der Waals surface area contributed by atoms with Gasteiger partial charge in [0.1, 0.15) is 5.82 Å². The molecule has 106 valence electrons. The molecule has 0 aliphatic heterocycles. The fourth-order valence-corrected chi connectivity index (χ4v) is 2.58. The Labute approximate surface area is 128 Å². The first-order valence-corrected chi connectivity index (χ1v) is 7.69. The molecule has 0 heterocycles. The van der Waals surface area contributed by atoms with E-state index in [-0.39, 0.29) is 5.82 Å². The lowest BCUT2D eigenvalue weighted by atomic mass is 10.0. The Balaban J connectivity index is 1.95. The van der Waals surface area contributed by atoms with E-state index in [0.29, 0.717) is 12.6 Å². The van der Waals surface area contributed by atoms with Crippen molar-refractivity contribution in [2.45, 2.75) is 32.4 Å². The quantitative estimate of drug-likeness (QED) is 0.806. The molecule has 0 fully saturated rings. The van der Waals surface area contributed by atoms with Gasteiger partial charge in [0.05, 0.1) is 0 Å². The van der Waals surface area contributed by atoms with Gasteiger partial charge in [0.2, 0.25) is 0 Å². The molecule has 0 amide bonds. The van der Waals surface area contributed by atoms with Crippen LogP contribution >= 0.6 is 15.9 Å². The summed E-state index contributed by atoms with van der Waals surface area (Å²) < 4.78 is 14.2. The number of hydrogen-bond donors (Lipinski definition) is 1. The molecule has 0 radical (unpaired) electrons. The van der Waals surface area contributed by atoms with Crippen molar-refractivity contribution in [3.8, 4) is 0 Å². The summed E-state index contributed by atoms with van der Waals surface area (Å²) in [7, 11) is 0. The minimum atomic E-state index is -0.193. The summed E-state index contributed by atoms with van der Waals surface area (Å²) in [4.78, 5) is 0. The lowest BCUT2D eigenvalue weighted by Gasteiger charge is -2.17. The number of nitrogens with one attached hydrogen (secondary N) is 1. The topological polar surface area (TPSA) is 12.0 Å². The molecule has 20 heavy (non-hydrogen) atoms. The standard InChI is InChI=1S/C17H19BrFN/c1-2-16(10-13-6-4-3-5-7-13)20-12-14-11-15(19)8-9-17(14)18/h3-9,11,16,20H,2,10,12H2,1H3. The van der Waals surface area contributed by atoms with E-state index in [1.54, 1.807) is 12.1 Å². The monoisotopic (exact) mass is 335 g/mol. The van der Waals surface area contributed by atoms with Crippen molar-refractivity contribution in [3.05, 3.63) is 69.9 Å². The van der Waals surface area contributed by atoms with Crippen LogP contribution in [0.15, 0.2) is 53.0 Å². The minimum absolute atomic E-state index is 0.193. The maximum Gasteiger partial charge on any atom is 0.123 e. The molecule has 0 saturated heterocycles. The van der Waals surface area contributed by atoms with Gasteiger partial charge in [-0.05, 0) is 42.2 Å². The zero-order valence-electron chi connectivity index (χ0n) is 11.6. The highest BCUT2D eigenvalue weighted by Crippen LogP contribution is 2.18. The molecule has 2 rings (SSSR count). The second kappa shape index (κ2) is 7.55. The average Bonchev–Trinajstić information content (AvgIpc) is 2.47. The van der Waals surface area contributed by atoms with E-state index in [2.05, 4.69) is 52.4 Å². The summed E-state index contributed by atoms with van der Waals surface area (Å²) in [6.45, 7) is 2.84. The van der Waals surface area contributed by atoms with Gasteiger partial charge in [0, 0.05) is 17.1 Å². The molecule has 0 bridgehead atoms. The molecule has 2 aromatic carbocycles. The first-order chi connectivity index (χ1) is 9.69. The summed E-state index contributed by atoms with van der Waals surface area (Å²) in [5.74, 6) is -0.193. The van der Waals surface area contributed by atoms with Gasteiger partial charge in [0.15, 0.2) is 0 Å². The van der Waals surface area contributed by atoms with Crippen LogP contribution in [0.4, 0.5) is 4.39 Å². The van der Waals surface area contributed by atoms with Gasteiger partial charge in [-0.15, -0.1) is 0 Å². The van der Waals surface area contributed by atoms with E-state index in [1.807, 2.05) is 6.07 Å². The van der Waals surface area contributed by atoms with Gasteiger partial charge < -0.3 is 5.32 Å². The van der Waals surface area contributed by atoms with Crippen molar-refractivity contribution in [2.75, 3.05) is 0 Å². The molecular formula is C17H19BrFN. The highest BCUT2D eigenvalue weighted by atomic mass is 79.9. The van der Waals surface area contributed by atoms with Crippen LogP contribution in [-0.2, 0) is 13.0 Å². The number of hydrogen-bond acceptors (Lipinski definition) is 1. The number of rotatable bonds is 6. The highest BCUT2D eigenvalue weighted by molar-refractivity contribution is 9.10. The zero-order chi connectivity index (χ0) is 14.4. The second-order valence-corrected chi connectivity index (χ2v) is 5.77. The van der Waals surface area contributed by atoms with Crippen LogP contribution in [0, 0.1) is 5.82 Å². The fourth-order valence-electron chi connectivity index (χ4n) is 2.19. The fraction of sp³-hybridized carbons (Fsp3) is 0.294. The molecule has 2 aromatic rings.